The smallest absolute Gasteiger partial charge is 0.241 e. The molecule has 5 nitrogen and oxygen atoms in total. The van der Waals surface area contributed by atoms with Gasteiger partial charge in [-0.25, -0.2) is 0 Å². The van der Waals surface area contributed by atoms with Gasteiger partial charge in [0.15, 0.2) is 0 Å². The number of anilines is 2. The van der Waals surface area contributed by atoms with E-state index in [4.69, 9.17) is 4.74 Å². The number of carbonyl (C=O) groups is 1. The molecule has 1 aromatic carbocycles. The molecule has 0 unspecified atom stereocenters. The second kappa shape index (κ2) is 7.34. The Kier molecular flexibility index (Phi) is 4.84. The van der Waals surface area contributed by atoms with E-state index in [0.717, 1.165) is 49.7 Å². The van der Waals surface area contributed by atoms with Gasteiger partial charge in [0.05, 0.1) is 19.3 Å². The average molecular weight is 384 g/mol. The topological polar surface area (TPSA) is 53.6 Å². The number of nitrogens with zero attached hydrogens (tertiary/aromatic N) is 1. The summed E-state index contributed by atoms with van der Waals surface area (Å²) in [7, 11) is 0. The van der Waals surface area contributed by atoms with E-state index in [1.54, 1.807) is 0 Å². The van der Waals surface area contributed by atoms with E-state index >= 15 is 0 Å². The molecule has 5 aliphatic rings. The van der Waals surface area contributed by atoms with Gasteiger partial charge in [-0.1, -0.05) is 0 Å². The molecule has 2 N–H and O–H groups in total. The molecule has 0 radical (unpaired) electrons. The first-order valence-corrected chi connectivity index (χ1v) is 11.1. The molecule has 28 heavy (non-hydrogen) atoms. The molecular weight excluding hydrogens is 350 g/mol. The SMILES string of the molecule is C[C@H](NC12CC3CC(CC(C3)C1)C2)C(=O)Nc1ccc(N2CCOCC2)cc1. The van der Waals surface area contributed by atoms with Crippen LogP contribution < -0.4 is 15.5 Å². The van der Waals surface area contributed by atoms with Crippen molar-refractivity contribution in [1.82, 2.24) is 5.32 Å². The van der Waals surface area contributed by atoms with Gasteiger partial charge in [-0.15, -0.1) is 0 Å². The molecule has 1 amide bonds. The van der Waals surface area contributed by atoms with Crippen LogP contribution in [-0.4, -0.2) is 43.8 Å². The van der Waals surface area contributed by atoms with Crippen molar-refractivity contribution in [2.75, 3.05) is 36.5 Å². The Morgan fingerprint density at radius 1 is 1.04 bits per heavy atom. The van der Waals surface area contributed by atoms with Crippen LogP contribution in [0.15, 0.2) is 24.3 Å². The highest BCUT2D eigenvalue weighted by molar-refractivity contribution is 5.94. The predicted octanol–water partition coefficient (Wildman–Crippen LogP) is 3.41. The van der Waals surface area contributed by atoms with E-state index in [9.17, 15) is 4.79 Å². The van der Waals surface area contributed by atoms with Crippen molar-refractivity contribution in [3.05, 3.63) is 24.3 Å². The van der Waals surface area contributed by atoms with E-state index in [0.29, 0.717) is 0 Å². The van der Waals surface area contributed by atoms with Crippen molar-refractivity contribution in [2.45, 2.75) is 57.0 Å². The number of rotatable bonds is 5. The Bertz CT molecular complexity index is 676. The van der Waals surface area contributed by atoms with Gasteiger partial charge < -0.3 is 20.3 Å². The molecule has 1 aliphatic heterocycles. The lowest BCUT2D eigenvalue weighted by atomic mass is 9.53. The maximum Gasteiger partial charge on any atom is 0.241 e. The first kappa shape index (κ1) is 18.4. The minimum Gasteiger partial charge on any atom is -0.378 e. The molecule has 0 spiro atoms. The third kappa shape index (κ3) is 3.67. The molecule has 1 heterocycles. The Balaban J connectivity index is 1.18. The summed E-state index contributed by atoms with van der Waals surface area (Å²) in [6.45, 7) is 5.45. The Labute approximate surface area is 168 Å². The molecule has 1 saturated heterocycles. The van der Waals surface area contributed by atoms with Crippen molar-refractivity contribution in [1.29, 1.82) is 0 Å². The highest BCUT2D eigenvalue weighted by atomic mass is 16.5. The summed E-state index contributed by atoms with van der Waals surface area (Å²) in [5, 5.41) is 6.88. The van der Waals surface area contributed by atoms with E-state index in [1.807, 2.05) is 19.1 Å². The normalized spacial score (nSPS) is 35.0. The monoisotopic (exact) mass is 383 g/mol. The summed E-state index contributed by atoms with van der Waals surface area (Å²) >= 11 is 0. The third-order valence-electron chi connectivity index (χ3n) is 7.47. The van der Waals surface area contributed by atoms with Crippen molar-refractivity contribution in [2.24, 2.45) is 17.8 Å². The zero-order valence-electron chi connectivity index (χ0n) is 17.0. The second-order valence-electron chi connectivity index (χ2n) is 9.70. The fourth-order valence-electron chi connectivity index (χ4n) is 6.64. The zero-order valence-corrected chi connectivity index (χ0v) is 17.0. The van der Waals surface area contributed by atoms with Crippen LogP contribution in [0.4, 0.5) is 11.4 Å². The fourth-order valence-corrected chi connectivity index (χ4v) is 6.64. The van der Waals surface area contributed by atoms with Crippen molar-refractivity contribution >= 4 is 17.3 Å². The van der Waals surface area contributed by atoms with Gasteiger partial charge in [-0.3, -0.25) is 4.79 Å². The summed E-state index contributed by atoms with van der Waals surface area (Å²) < 4.78 is 5.42. The molecule has 6 rings (SSSR count). The summed E-state index contributed by atoms with van der Waals surface area (Å²) in [6, 6.07) is 8.06. The number of morpholine rings is 1. The molecule has 4 aliphatic carbocycles. The van der Waals surface area contributed by atoms with Crippen LogP contribution in [-0.2, 0) is 9.53 Å². The molecule has 0 aromatic heterocycles. The molecule has 1 atom stereocenters. The average Bonchev–Trinajstić information content (AvgIpc) is 2.68. The van der Waals surface area contributed by atoms with Crippen molar-refractivity contribution in [3.8, 4) is 0 Å². The highest BCUT2D eigenvalue weighted by Crippen LogP contribution is 2.55. The van der Waals surface area contributed by atoms with E-state index in [2.05, 4.69) is 27.7 Å². The lowest BCUT2D eigenvalue weighted by Crippen LogP contribution is -2.62. The number of nitrogens with one attached hydrogen (secondary N) is 2. The summed E-state index contributed by atoms with van der Waals surface area (Å²) in [5.74, 6) is 2.75. The number of hydrogen-bond acceptors (Lipinski definition) is 4. The van der Waals surface area contributed by atoms with Crippen LogP contribution >= 0.6 is 0 Å². The molecule has 5 heteroatoms. The first-order chi connectivity index (χ1) is 13.6. The van der Waals surface area contributed by atoms with Gasteiger partial charge in [0.2, 0.25) is 5.91 Å². The van der Waals surface area contributed by atoms with Gasteiger partial charge >= 0.3 is 0 Å². The van der Waals surface area contributed by atoms with Gasteiger partial charge in [0, 0.05) is 30.0 Å². The number of benzene rings is 1. The van der Waals surface area contributed by atoms with Crippen LogP contribution in [0.25, 0.3) is 0 Å². The first-order valence-electron chi connectivity index (χ1n) is 11.1. The van der Waals surface area contributed by atoms with E-state index in [1.165, 1.54) is 44.2 Å². The summed E-state index contributed by atoms with van der Waals surface area (Å²) in [5.41, 5.74) is 2.29. The second-order valence-corrected chi connectivity index (χ2v) is 9.70. The van der Waals surface area contributed by atoms with Gasteiger partial charge in [-0.2, -0.15) is 0 Å². The van der Waals surface area contributed by atoms with E-state index < -0.39 is 0 Å². The number of hydrogen-bond donors (Lipinski definition) is 2. The van der Waals surface area contributed by atoms with Gasteiger partial charge in [-0.05, 0) is 87.5 Å². The van der Waals surface area contributed by atoms with Crippen LogP contribution in [0.3, 0.4) is 0 Å². The predicted molar refractivity (Wildman–Crippen MR) is 112 cm³/mol. The number of carbonyl (C=O) groups excluding carboxylic acids is 1. The quantitative estimate of drug-likeness (QED) is 0.818. The standard InChI is InChI=1S/C23H33N3O2/c1-16(25-23-13-17-10-18(14-23)12-19(11-17)15-23)22(27)24-20-2-4-21(5-3-20)26-6-8-28-9-7-26/h2-5,16-19,25H,6-15H2,1H3,(H,24,27)/t16-,17?,18?,19?,23?/m0/s1. The molecule has 4 saturated carbocycles. The van der Waals surface area contributed by atoms with Crippen molar-refractivity contribution < 1.29 is 9.53 Å². The maximum atomic E-state index is 12.8. The lowest BCUT2D eigenvalue weighted by molar-refractivity contribution is -0.119. The van der Waals surface area contributed by atoms with Gasteiger partial charge in [0.1, 0.15) is 0 Å². The van der Waals surface area contributed by atoms with Crippen LogP contribution in [0.1, 0.15) is 45.4 Å². The minimum absolute atomic E-state index is 0.0786. The van der Waals surface area contributed by atoms with Crippen LogP contribution in [0.5, 0.6) is 0 Å². The minimum atomic E-state index is -0.157. The largest absolute Gasteiger partial charge is 0.378 e. The Morgan fingerprint density at radius 2 is 1.61 bits per heavy atom. The summed E-state index contributed by atoms with van der Waals surface area (Å²) in [4.78, 5) is 15.1. The molecule has 152 valence electrons. The maximum absolute atomic E-state index is 12.8. The molecule has 5 fully saturated rings. The molecule has 1 aromatic rings. The highest BCUT2D eigenvalue weighted by Gasteiger charge is 2.51. The Hall–Kier alpha value is -1.59. The van der Waals surface area contributed by atoms with Crippen molar-refractivity contribution in [3.63, 3.8) is 0 Å². The van der Waals surface area contributed by atoms with Crippen LogP contribution in [0.2, 0.25) is 0 Å². The van der Waals surface area contributed by atoms with E-state index in [-0.39, 0.29) is 17.5 Å². The van der Waals surface area contributed by atoms with Gasteiger partial charge in [0.25, 0.3) is 0 Å². The number of amides is 1. The third-order valence-corrected chi connectivity index (χ3v) is 7.47. The zero-order chi connectivity index (χ0) is 19.1. The fraction of sp³-hybridized carbons (Fsp3) is 0.696. The lowest BCUT2D eigenvalue weighted by Gasteiger charge is -2.57. The number of ether oxygens (including phenoxy) is 1. The van der Waals surface area contributed by atoms with Crippen LogP contribution in [0, 0.1) is 17.8 Å². The Morgan fingerprint density at radius 3 is 2.18 bits per heavy atom. The molecular formula is C23H33N3O2. The summed E-state index contributed by atoms with van der Waals surface area (Å²) in [6.07, 6.45) is 8.09. The molecule has 4 bridgehead atoms.